The van der Waals surface area contributed by atoms with Crippen LogP contribution in [0, 0.1) is 0 Å². The minimum atomic E-state index is -0.390. The van der Waals surface area contributed by atoms with Crippen molar-refractivity contribution >= 4 is 23.3 Å². The molecule has 1 amide bonds. The van der Waals surface area contributed by atoms with Gasteiger partial charge in [0.2, 0.25) is 0 Å². The summed E-state index contributed by atoms with van der Waals surface area (Å²) in [7, 11) is 1.34. The molecule has 118 valence electrons. The fourth-order valence-electron chi connectivity index (χ4n) is 1.87. The third kappa shape index (κ3) is 4.41. The molecule has 0 radical (unpaired) electrons. The average molecular weight is 311 g/mol. The van der Waals surface area contributed by atoms with E-state index in [1.54, 1.807) is 42.6 Å². The average Bonchev–Trinajstić information content (AvgIpc) is 2.60. The van der Waals surface area contributed by atoms with Gasteiger partial charge in [0.1, 0.15) is 0 Å². The Morgan fingerprint density at radius 3 is 2.57 bits per heavy atom. The number of ether oxygens (including phenoxy) is 1. The maximum Gasteiger partial charge on any atom is 0.337 e. The molecule has 2 aromatic rings. The van der Waals surface area contributed by atoms with Crippen LogP contribution in [-0.2, 0) is 4.74 Å². The Kier molecular flexibility index (Phi) is 5.46. The minimum absolute atomic E-state index is 0.220. The van der Waals surface area contributed by atoms with E-state index in [2.05, 4.69) is 26.9 Å². The van der Waals surface area contributed by atoms with E-state index in [0.717, 1.165) is 5.69 Å². The van der Waals surface area contributed by atoms with Gasteiger partial charge in [-0.05, 0) is 30.3 Å². The van der Waals surface area contributed by atoms with Crippen molar-refractivity contribution in [3.8, 4) is 0 Å². The van der Waals surface area contributed by atoms with Crippen LogP contribution in [0.4, 0.5) is 11.4 Å². The lowest BCUT2D eigenvalue weighted by Crippen LogP contribution is -2.23. The molecule has 0 aliphatic carbocycles. The summed E-state index contributed by atoms with van der Waals surface area (Å²) in [6.45, 7) is 3.94. The van der Waals surface area contributed by atoms with Crippen LogP contribution in [0.3, 0.4) is 0 Å². The van der Waals surface area contributed by atoms with Gasteiger partial charge < -0.3 is 15.4 Å². The van der Waals surface area contributed by atoms with E-state index in [4.69, 9.17) is 0 Å². The van der Waals surface area contributed by atoms with Crippen molar-refractivity contribution in [3.63, 3.8) is 0 Å². The predicted molar refractivity (Wildman–Crippen MR) is 87.8 cm³/mol. The Bertz CT molecular complexity index is 711. The van der Waals surface area contributed by atoms with Crippen LogP contribution in [-0.4, -0.2) is 30.5 Å². The fourth-order valence-corrected chi connectivity index (χ4v) is 1.87. The first-order valence-corrected chi connectivity index (χ1v) is 6.93. The third-order valence-corrected chi connectivity index (χ3v) is 3.00. The van der Waals surface area contributed by atoms with Gasteiger partial charge in [-0.3, -0.25) is 9.78 Å². The van der Waals surface area contributed by atoms with Crippen molar-refractivity contribution < 1.29 is 14.3 Å². The van der Waals surface area contributed by atoms with Gasteiger partial charge in [0.25, 0.3) is 5.91 Å². The van der Waals surface area contributed by atoms with E-state index in [9.17, 15) is 9.59 Å². The molecule has 6 heteroatoms. The van der Waals surface area contributed by atoms with Crippen LogP contribution in [0.15, 0.2) is 55.4 Å². The number of pyridine rings is 1. The van der Waals surface area contributed by atoms with Crippen LogP contribution in [0.2, 0.25) is 0 Å². The highest BCUT2D eigenvalue weighted by Gasteiger charge is 2.07. The number of hydrogen-bond acceptors (Lipinski definition) is 5. The number of carbonyl (C=O) groups excluding carboxylic acids is 2. The van der Waals surface area contributed by atoms with Gasteiger partial charge in [-0.2, -0.15) is 0 Å². The molecule has 0 unspecified atom stereocenters. The number of nitrogens with zero attached hydrogens (tertiary/aromatic N) is 1. The smallest absolute Gasteiger partial charge is 0.337 e. The lowest BCUT2D eigenvalue weighted by atomic mass is 10.2. The molecule has 0 saturated heterocycles. The number of rotatable bonds is 6. The number of esters is 1. The molecule has 2 rings (SSSR count). The first kappa shape index (κ1) is 16.2. The summed E-state index contributed by atoms with van der Waals surface area (Å²) in [6.07, 6.45) is 4.71. The van der Waals surface area contributed by atoms with Crippen molar-refractivity contribution in [3.05, 3.63) is 66.5 Å². The van der Waals surface area contributed by atoms with Gasteiger partial charge in [0, 0.05) is 18.4 Å². The maximum absolute atomic E-state index is 11.9. The number of nitrogens with one attached hydrogen (secondary N) is 2. The van der Waals surface area contributed by atoms with Gasteiger partial charge in [0.05, 0.1) is 30.1 Å². The number of anilines is 2. The van der Waals surface area contributed by atoms with Crippen LogP contribution in [0.5, 0.6) is 0 Å². The fraction of sp³-hybridized carbons (Fsp3) is 0.118. The zero-order valence-corrected chi connectivity index (χ0v) is 12.7. The second-order valence-corrected chi connectivity index (χ2v) is 4.65. The molecule has 1 heterocycles. The molecule has 1 aromatic carbocycles. The van der Waals surface area contributed by atoms with Crippen molar-refractivity contribution in [1.82, 2.24) is 10.3 Å². The largest absolute Gasteiger partial charge is 0.465 e. The number of carbonyl (C=O) groups is 2. The molecule has 1 aromatic heterocycles. The summed E-state index contributed by atoms with van der Waals surface area (Å²) >= 11 is 0. The van der Waals surface area contributed by atoms with Crippen LogP contribution in [0.1, 0.15) is 20.7 Å². The molecule has 0 spiro atoms. The van der Waals surface area contributed by atoms with Crippen molar-refractivity contribution in [1.29, 1.82) is 0 Å². The molecule has 0 saturated carbocycles. The Labute approximate surface area is 134 Å². The zero-order valence-electron chi connectivity index (χ0n) is 12.7. The highest BCUT2D eigenvalue weighted by Crippen LogP contribution is 2.17. The first-order valence-electron chi connectivity index (χ1n) is 6.93. The van der Waals surface area contributed by atoms with Crippen molar-refractivity contribution in [2.24, 2.45) is 0 Å². The van der Waals surface area contributed by atoms with Crippen LogP contribution >= 0.6 is 0 Å². The quantitative estimate of drug-likeness (QED) is 0.633. The molecule has 23 heavy (non-hydrogen) atoms. The van der Waals surface area contributed by atoms with Gasteiger partial charge >= 0.3 is 5.97 Å². The summed E-state index contributed by atoms with van der Waals surface area (Å²) in [4.78, 5) is 27.3. The highest BCUT2D eigenvalue weighted by atomic mass is 16.5. The molecule has 2 N–H and O–H groups in total. The summed E-state index contributed by atoms with van der Waals surface area (Å²) in [5.41, 5.74) is 2.35. The maximum atomic E-state index is 11.9. The molecule has 0 atom stereocenters. The zero-order chi connectivity index (χ0) is 16.7. The Morgan fingerprint density at radius 1 is 1.17 bits per heavy atom. The van der Waals surface area contributed by atoms with Gasteiger partial charge in [-0.25, -0.2) is 4.79 Å². The van der Waals surface area contributed by atoms with E-state index in [-0.39, 0.29) is 11.9 Å². The second-order valence-electron chi connectivity index (χ2n) is 4.65. The lowest BCUT2D eigenvalue weighted by molar-refractivity contribution is 0.0600. The van der Waals surface area contributed by atoms with Crippen molar-refractivity contribution in [2.45, 2.75) is 0 Å². The number of methoxy groups -OCH3 is 1. The van der Waals surface area contributed by atoms with E-state index < -0.39 is 0 Å². The van der Waals surface area contributed by atoms with Crippen LogP contribution < -0.4 is 10.6 Å². The number of benzene rings is 1. The lowest BCUT2D eigenvalue weighted by Gasteiger charge is -2.08. The predicted octanol–water partition coefficient (Wildman–Crippen LogP) is 2.53. The number of hydrogen-bond donors (Lipinski definition) is 2. The third-order valence-electron chi connectivity index (χ3n) is 3.00. The van der Waals surface area contributed by atoms with E-state index in [1.165, 1.54) is 13.3 Å². The Balaban J connectivity index is 2.09. The van der Waals surface area contributed by atoms with Gasteiger partial charge in [-0.1, -0.05) is 6.08 Å². The minimum Gasteiger partial charge on any atom is -0.465 e. The second kappa shape index (κ2) is 7.74. The number of amides is 1. The molecular weight excluding hydrogens is 294 g/mol. The van der Waals surface area contributed by atoms with Gasteiger partial charge in [0.15, 0.2) is 0 Å². The first-order chi connectivity index (χ1) is 11.1. The molecule has 6 nitrogen and oxygen atoms in total. The standard InChI is InChI=1S/C17H17N3O3/c1-3-8-19-16(21)13-9-15(11-18-10-13)20-14-6-4-12(5-7-14)17(22)23-2/h3-7,9-11,20H,1,8H2,2H3,(H,19,21). The van der Waals surface area contributed by atoms with E-state index >= 15 is 0 Å². The van der Waals surface area contributed by atoms with E-state index in [0.29, 0.717) is 23.4 Å². The normalized spacial score (nSPS) is 9.78. The molecule has 0 bridgehead atoms. The SMILES string of the molecule is C=CCNC(=O)c1cncc(Nc2ccc(C(=O)OC)cc2)c1. The van der Waals surface area contributed by atoms with Crippen LogP contribution in [0.25, 0.3) is 0 Å². The molecular formula is C17H17N3O3. The Morgan fingerprint density at radius 2 is 1.91 bits per heavy atom. The summed E-state index contributed by atoms with van der Waals surface area (Å²) in [5, 5.41) is 5.81. The van der Waals surface area contributed by atoms with E-state index in [1.807, 2.05) is 0 Å². The Hall–Kier alpha value is -3.15. The number of aromatic nitrogens is 1. The monoisotopic (exact) mass is 311 g/mol. The summed E-state index contributed by atoms with van der Waals surface area (Å²) in [6, 6.07) is 8.50. The summed E-state index contributed by atoms with van der Waals surface area (Å²) < 4.78 is 4.65. The highest BCUT2D eigenvalue weighted by molar-refractivity contribution is 5.95. The molecule has 0 aliphatic rings. The molecule has 0 fully saturated rings. The topological polar surface area (TPSA) is 80.3 Å². The molecule has 0 aliphatic heterocycles. The van der Waals surface area contributed by atoms with Gasteiger partial charge in [-0.15, -0.1) is 6.58 Å². The van der Waals surface area contributed by atoms with Crippen molar-refractivity contribution in [2.75, 3.05) is 19.0 Å². The summed E-state index contributed by atoms with van der Waals surface area (Å²) in [5.74, 6) is -0.610.